The molecule has 0 aliphatic carbocycles. The molecule has 1 aromatic carbocycles. The second-order valence-electron chi connectivity index (χ2n) is 4.70. The van der Waals surface area contributed by atoms with Crippen molar-refractivity contribution in [2.24, 2.45) is 0 Å². The Labute approximate surface area is 141 Å². The predicted molar refractivity (Wildman–Crippen MR) is 86.7 cm³/mol. The molecular formula is C15H12N4O4S. The molecule has 0 unspecified atom stereocenters. The number of rotatable bonds is 6. The Morgan fingerprint density at radius 1 is 1.25 bits per heavy atom. The first-order chi connectivity index (χ1) is 11.7. The van der Waals surface area contributed by atoms with Crippen LogP contribution in [0, 0.1) is 10.1 Å². The van der Waals surface area contributed by atoms with Crippen LogP contribution in [-0.4, -0.2) is 27.2 Å². The lowest BCUT2D eigenvalue weighted by atomic mass is 10.2. The predicted octanol–water partition coefficient (Wildman–Crippen LogP) is 3.34. The molecule has 0 aliphatic heterocycles. The number of aromatic nitrogens is 3. The van der Waals surface area contributed by atoms with Crippen molar-refractivity contribution >= 4 is 17.4 Å². The normalized spacial score (nSPS) is 10.5. The fourth-order valence-corrected chi connectivity index (χ4v) is 2.60. The maximum atomic E-state index is 10.7. The summed E-state index contributed by atoms with van der Waals surface area (Å²) in [6, 6.07) is 8.74. The van der Waals surface area contributed by atoms with Crippen LogP contribution < -0.4 is 4.74 Å². The van der Waals surface area contributed by atoms with Crippen molar-refractivity contribution in [2.75, 3.05) is 7.11 Å². The first kappa shape index (κ1) is 15.9. The minimum atomic E-state index is -0.477. The van der Waals surface area contributed by atoms with Gasteiger partial charge >= 0.3 is 0 Å². The summed E-state index contributed by atoms with van der Waals surface area (Å²) in [7, 11) is 1.60. The minimum Gasteiger partial charge on any atom is -0.497 e. The van der Waals surface area contributed by atoms with E-state index in [4.69, 9.17) is 9.15 Å². The highest BCUT2D eigenvalue weighted by molar-refractivity contribution is 7.98. The van der Waals surface area contributed by atoms with E-state index >= 15 is 0 Å². The molecule has 0 amide bonds. The van der Waals surface area contributed by atoms with Gasteiger partial charge in [-0.15, -0.1) is 10.2 Å². The van der Waals surface area contributed by atoms with Crippen molar-refractivity contribution in [3.8, 4) is 17.2 Å². The fourth-order valence-electron chi connectivity index (χ4n) is 1.92. The third-order valence-corrected chi connectivity index (χ3v) is 3.99. The first-order valence-corrected chi connectivity index (χ1v) is 7.83. The van der Waals surface area contributed by atoms with Crippen LogP contribution in [0.5, 0.6) is 5.75 Å². The smallest absolute Gasteiger partial charge is 0.287 e. The molecule has 0 N–H and O–H groups in total. The van der Waals surface area contributed by atoms with Crippen LogP contribution in [0.25, 0.3) is 11.5 Å². The number of pyridine rings is 1. The highest BCUT2D eigenvalue weighted by Gasteiger charge is 2.11. The Bertz CT molecular complexity index is 851. The van der Waals surface area contributed by atoms with Gasteiger partial charge in [0, 0.05) is 23.6 Å². The summed E-state index contributed by atoms with van der Waals surface area (Å²) in [5.41, 5.74) is 1.45. The molecule has 122 valence electrons. The van der Waals surface area contributed by atoms with Crippen molar-refractivity contribution < 1.29 is 14.1 Å². The number of hydrogen-bond acceptors (Lipinski definition) is 8. The number of hydrogen-bond donors (Lipinski definition) is 0. The molecule has 2 heterocycles. The third-order valence-electron chi connectivity index (χ3n) is 3.10. The van der Waals surface area contributed by atoms with Crippen LogP contribution in [0.3, 0.4) is 0 Å². The Morgan fingerprint density at radius 3 is 2.75 bits per heavy atom. The standard InChI is InChI=1S/C15H12N4O4S/c1-22-13-4-2-11(3-5-13)14-17-18-15(23-14)24-9-10-6-12(19(20)21)8-16-7-10/h2-8H,9H2,1H3. The van der Waals surface area contributed by atoms with E-state index in [1.54, 1.807) is 25.4 Å². The van der Waals surface area contributed by atoms with Gasteiger partial charge in [-0.2, -0.15) is 0 Å². The molecule has 0 saturated heterocycles. The number of nitro groups is 1. The summed E-state index contributed by atoms with van der Waals surface area (Å²) in [5.74, 6) is 1.59. The van der Waals surface area contributed by atoms with Crippen molar-refractivity contribution in [3.05, 3.63) is 58.4 Å². The SMILES string of the molecule is COc1ccc(-c2nnc(SCc3cncc([N+](=O)[O-])c3)o2)cc1. The van der Waals surface area contributed by atoms with E-state index in [2.05, 4.69) is 15.2 Å². The van der Waals surface area contributed by atoms with Crippen LogP contribution in [0.1, 0.15) is 5.56 Å². The summed E-state index contributed by atoms with van der Waals surface area (Å²) >= 11 is 1.29. The molecule has 0 saturated carbocycles. The summed E-state index contributed by atoms with van der Waals surface area (Å²) in [5, 5.41) is 19.1. The Balaban J connectivity index is 1.67. The largest absolute Gasteiger partial charge is 0.497 e. The summed E-state index contributed by atoms with van der Waals surface area (Å²) in [4.78, 5) is 14.1. The maximum absolute atomic E-state index is 10.7. The molecule has 0 bridgehead atoms. The Kier molecular flexibility index (Phi) is 4.71. The average Bonchev–Trinajstić information content (AvgIpc) is 3.09. The van der Waals surface area contributed by atoms with Gasteiger partial charge in [-0.25, -0.2) is 0 Å². The second kappa shape index (κ2) is 7.09. The molecule has 0 fully saturated rings. The molecule has 0 radical (unpaired) electrons. The average molecular weight is 344 g/mol. The third kappa shape index (κ3) is 3.69. The number of thioether (sulfide) groups is 1. The van der Waals surface area contributed by atoms with Crippen molar-refractivity contribution in [3.63, 3.8) is 0 Å². The van der Waals surface area contributed by atoms with Crippen LogP contribution >= 0.6 is 11.8 Å². The van der Waals surface area contributed by atoms with E-state index < -0.39 is 4.92 Å². The molecule has 24 heavy (non-hydrogen) atoms. The second-order valence-corrected chi connectivity index (χ2v) is 5.63. The van der Waals surface area contributed by atoms with Gasteiger partial charge in [0.15, 0.2) is 0 Å². The van der Waals surface area contributed by atoms with Gasteiger partial charge in [0.25, 0.3) is 10.9 Å². The van der Waals surface area contributed by atoms with Crippen molar-refractivity contribution in [1.82, 2.24) is 15.2 Å². The maximum Gasteiger partial charge on any atom is 0.287 e. The lowest BCUT2D eigenvalue weighted by molar-refractivity contribution is -0.385. The highest BCUT2D eigenvalue weighted by Crippen LogP contribution is 2.27. The molecule has 9 heteroatoms. The topological polar surface area (TPSA) is 104 Å². The zero-order valence-corrected chi connectivity index (χ0v) is 13.4. The highest BCUT2D eigenvalue weighted by atomic mass is 32.2. The van der Waals surface area contributed by atoms with Crippen LogP contribution in [-0.2, 0) is 5.75 Å². The van der Waals surface area contributed by atoms with Crippen LogP contribution in [0.4, 0.5) is 5.69 Å². The van der Waals surface area contributed by atoms with Gasteiger partial charge in [0.05, 0.1) is 12.0 Å². The molecule has 2 aromatic heterocycles. The summed E-state index contributed by atoms with van der Waals surface area (Å²) in [6.07, 6.45) is 2.78. The lowest BCUT2D eigenvalue weighted by Gasteiger charge is -1.99. The van der Waals surface area contributed by atoms with E-state index in [0.717, 1.165) is 11.3 Å². The fraction of sp³-hybridized carbons (Fsp3) is 0.133. The molecule has 3 rings (SSSR count). The summed E-state index contributed by atoms with van der Waals surface area (Å²) in [6.45, 7) is 0. The van der Waals surface area contributed by atoms with E-state index in [-0.39, 0.29) is 5.69 Å². The van der Waals surface area contributed by atoms with Gasteiger partial charge in [0.2, 0.25) is 5.89 Å². The quantitative estimate of drug-likeness (QED) is 0.381. The molecule has 3 aromatic rings. The summed E-state index contributed by atoms with van der Waals surface area (Å²) < 4.78 is 10.7. The van der Waals surface area contributed by atoms with E-state index in [1.165, 1.54) is 24.0 Å². The zero-order valence-electron chi connectivity index (χ0n) is 12.6. The van der Waals surface area contributed by atoms with Crippen molar-refractivity contribution in [2.45, 2.75) is 11.0 Å². The number of nitrogens with zero attached hydrogens (tertiary/aromatic N) is 4. The van der Waals surface area contributed by atoms with Gasteiger partial charge in [-0.1, -0.05) is 11.8 Å². The molecule has 0 atom stereocenters. The van der Waals surface area contributed by atoms with Gasteiger partial charge in [0.1, 0.15) is 11.9 Å². The Hall–Kier alpha value is -2.94. The monoisotopic (exact) mass is 344 g/mol. The molecule has 0 spiro atoms. The van der Waals surface area contributed by atoms with Crippen LogP contribution in [0.2, 0.25) is 0 Å². The van der Waals surface area contributed by atoms with Gasteiger partial charge in [-0.3, -0.25) is 15.1 Å². The van der Waals surface area contributed by atoms with E-state index in [9.17, 15) is 10.1 Å². The number of methoxy groups -OCH3 is 1. The van der Waals surface area contributed by atoms with Crippen LogP contribution in [0.15, 0.2) is 52.4 Å². The zero-order chi connectivity index (χ0) is 16.9. The van der Waals surface area contributed by atoms with E-state index in [0.29, 0.717) is 22.4 Å². The number of benzene rings is 1. The van der Waals surface area contributed by atoms with Crippen molar-refractivity contribution in [1.29, 1.82) is 0 Å². The first-order valence-electron chi connectivity index (χ1n) is 6.85. The Morgan fingerprint density at radius 2 is 2.04 bits per heavy atom. The molecule has 0 aliphatic rings. The number of ether oxygens (including phenoxy) is 1. The molecule has 8 nitrogen and oxygen atoms in total. The van der Waals surface area contributed by atoms with Gasteiger partial charge < -0.3 is 9.15 Å². The molecular weight excluding hydrogens is 332 g/mol. The van der Waals surface area contributed by atoms with Gasteiger partial charge in [-0.05, 0) is 29.8 Å². The minimum absolute atomic E-state index is 0.0439. The van der Waals surface area contributed by atoms with E-state index in [1.807, 2.05) is 12.1 Å². The lowest BCUT2D eigenvalue weighted by Crippen LogP contribution is -1.91.